The lowest BCUT2D eigenvalue weighted by Gasteiger charge is -2.37. The average Bonchev–Trinajstić information content (AvgIpc) is 3.53. The number of carbonyl (C=O) groups is 2. The van der Waals surface area contributed by atoms with Crippen molar-refractivity contribution in [3.8, 4) is 5.75 Å². The van der Waals surface area contributed by atoms with Gasteiger partial charge in [0.15, 0.2) is 6.54 Å². The number of nitrogens with zero attached hydrogens (tertiary/aromatic N) is 2. The minimum Gasteiger partial charge on any atom is -0.424 e. The van der Waals surface area contributed by atoms with Crippen LogP contribution in [-0.4, -0.2) is 16.4 Å². The predicted octanol–water partition coefficient (Wildman–Crippen LogP) is 4.50. The zero-order valence-electron chi connectivity index (χ0n) is 21.0. The molecule has 1 aliphatic rings. The molecule has 6 heteroatoms. The van der Waals surface area contributed by atoms with Crippen LogP contribution in [0, 0.1) is 12.8 Å². The van der Waals surface area contributed by atoms with Gasteiger partial charge in [0.25, 0.3) is 5.82 Å². The summed E-state index contributed by atoms with van der Waals surface area (Å²) < 4.78 is 9.60. The molecule has 37 heavy (non-hydrogen) atoms. The van der Waals surface area contributed by atoms with E-state index in [1.165, 1.54) is 0 Å². The number of primary amides is 1. The first-order chi connectivity index (χ1) is 18.0. The highest BCUT2D eigenvalue weighted by atomic mass is 16.5. The number of imidazole rings is 1. The third kappa shape index (κ3) is 4.67. The Labute approximate surface area is 217 Å². The van der Waals surface area contributed by atoms with Gasteiger partial charge in [-0.15, -0.1) is 0 Å². The Morgan fingerprint density at radius 3 is 2.05 bits per heavy atom. The van der Waals surface area contributed by atoms with Gasteiger partial charge in [0.2, 0.25) is 5.91 Å². The van der Waals surface area contributed by atoms with Gasteiger partial charge in [-0.25, -0.2) is 13.9 Å². The Balaban J connectivity index is 1.40. The smallest absolute Gasteiger partial charge is 0.353 e. The van der Waals surface area contributed by atoms with Crippen molar-refractivity contribution < 1.29 is 18.9 Å². The lowest BCUT2D eigenvalue weighted by atomic mass is 9.64. The Kier molecular flexibility index (Phi) is 6.91. The van der Waals surface area contributed by atoms with Crippen LogP contribution >= 0.6 is 0 Å². The molecule has 6 nitrogen and oxygen atoms in total. The number of hydrogen-bond acceptors (Lipinski definition) is 3. The van der Waals surface area contributed by atoms with Crippen LogP contribution in [0.25, 0.3) is 0 Å². The van der Waals surface area contributed by atoms with Gasteiger partial charge < -0.3 is 10.5 Å². The van der Waals surface area contributed by atoms with Crippen LogP contribution in [-0.2, 0) is 21.5 Å². The second-order valence-electron chi connectivity index (χ2n) is 9.74. The number of ether oxygens (including phenoxy) is 1. The van der Waals surface area contributed by atoms with Crippen LogP contribution < -0.4 is 15.0 Å². The van der Waals surface area contributed by atoms with Crippen LogP contribution in [0.1, 0.15) is 42.3 Å². The molecule has 1 aliphatic carbocycles. The second kappa shape index (κ2) is 10.4. The van der Waals surface area contributed by atoms with E-state index in [4.69, 9.17) is 10.5 Å². The second-order valence-corrected chi connectivity index (χ2v) is 9.74. The first kappa shape index (κ1) is 24.5. The summed E-state index contributed by atoms with van der Waals surface area (Å²) in [6.45, 7) is 2.14. The molecule has 3 aromatic carbocycles. The Morgan fingerprint density at radius 1 is 0.919 bits per heavy atom. The van der Waals surface area contributed by atoms with E-state index in [0.717, 1.165) is 36.2 Å². The number of esters is 1. The number of hydrogen-bond donors (Lipinski definition) is 1. The molecule has 2 atom stereocenters. The number of rotatable bonds is 8. The van der Waals surface area contributed by atoms with E-state index in [-0.39, 0.29) is 30.4 Å². The lowest BCUT2D eigenvalue weighted by molar-refractivity contribution is -0.691. The predicted molar refractivity (Wildman–Crippen MR) is 141 cm³/mol. The molecule has 0 spiro atoms. The third-order valence-corrected chi connectivity index (χ3v) is 7.73. The molecule has 2 N–H and O–H groups in total. The van der Waals surface area contributed by atoms with Gasteiger partial charge in [-0.3, -0.25) is 4.79 Å². The van der Waals surface area contributed by atoms with Crippen LogP contribution in [0.2, 0.25) is 0 Å². The molecule has 1 aromatic heterocycles. The van der Waals surface area contributed by atoms with E-state index >= 15 is 0 Å². The minimum atomic E-state index is -0.909. The van der Waals surface area contributed by atoms with E-state index in [1.54, 1.807) is 12.1 Å². The van der Waals surface area contributed by atoms with E-state index in [0.29, 0.717) is 5.75 Å². The highest BCUT2D eigenvalue weighted by Gasteiger charge is 2.51. The fraction of sp³-hybridized carbons (Fsp3) is 0.258. The maximum absolute atomic E-state index is 13.4. The molecule has 188 valence electrons. The molecule has 5 rings (SSSR count). The van der Waals surface area contributed by atoms with Gasteiger partial charge in [-0.05, 0) is 48.4 Å². The van der Waals surface area contributed by atoms with E-state index < -0.39 is 5.41 Å². The molecule has 0 bridgehead atoms. The Bertz CT molecular complexity index is 1330. The first-order valence-electron chi connectivity index (χ1n) is 12.7. The van der Waals surface area contributed by atoms with Gasteiger partial charge in [0.1, 0.15) is 29.6 Å². The van der Waals surface area contributed by atoms with Gasteiger partial charge in [-0.1, -0.05) is 78.9 Å². The average molecular weight is 495 g/mol. The molecule has 1 heterocycles. The SMILES string of the molecule is Cc1n([C@H]2CC[C@@H](C(C(N)=O)(c3ccccc3)c3ccccc3)C2)cc[n+]1CC(=O)Oc1ccccc1. The minimum absolute atomic E-state index is 0.0399. The standard InChI is InChI=1S/C31H31N3O3/c1-23-33(22-29(35)37-28-15-9-4-10-16-28)19-20-34(23)27-18-17-26(21-27)31(30(32)36,24-11-5-2-6-12-24)25-13-7-3-8-14-25/h2-16,19-20,26-27H,17-18,21-22H2,1H3,(H-,32,36)/p+1/t26-,27+/m1/s1. The summed E-state index contributed by atoms with van der Waals surface area (Å²) in [7, 11) is 0. The molecule has 1 saturated carbocycles. The van der Waals surface area contributed by atoms with E-state index in [1.807, 2.05) is 103 Å². The summed E-state index contributed by atoms with van der Waals surface area (Å²) in [5.74, 6) is 0.909. The molecular weight excluding hydrogens is 462 g/mol. The largest absolute Gasteiger partial charge is 0.424 e. The number of amides is 1. The van der Waals surface area contributed by atoms with Crippen molar-refractivity contribution >= 4 is 11.9 Å². The van der Waals surface area contributed by atoms with Crippen molar-refractivity contribution in [3.05, 3.63) is 120 Å². The monoisotopic (exact) mass is 494 g/mol. The van der Waals surface area contributed by atoms with Crippen molar-refractivity contribution in [1.29, 1.82) is 0 Å². The molecule has 0 unspecified atom stereocenters. The molecule has 0 aliphatic heterocycles. The van der Waals surface area contributed by atoms with Gasteiger partial charge in [-0.2, -0.15) is 0 Å². The summed E-state index contributed by atoms with van der Waals surface area (Å²) in [5, 5.41) is 0. The van der Waals surface area contributed by atoms with Crippen LogP contribution in [0.3, 0.4) is 0 Å². The van der Waals surface area contributed by atoms with Crippen molar-refractivity contribution in [1.82, 2.24) is 4.57 Å². The summed E-state index contributed by atoms with van der Waals surface area (Å²) in [4.78, 5) is 25.9. The third-order valence-electron chi connectivity index (χ3n) is 7.73. The molecule has 0 radical (unpaired) electrons. The van der Waals surface area contributed by atoms with E-state index in [2.05, 4.69) is 4.57 Å². The molecule has 0 saturated heterocycles. The van der Waals surface area contributed by atoms with Gasteiger partial charge in [0.05, 0.1) is 0 Å². The Morgan fingerprint density at radius 2 is 1.49 bits per heavy atom. The topological polar surface area (TPSA) is 78.2 Å². The summed E-state index contributed by atoms with van der Waals surface area (Å²) in [6, 6.07) is 29.1. The number of carbonyl (C=O) groups excluding carboxylic acids is 2. The molecule has 1 fully saturated rings. The number of nitrogens with two attached hydrogens (primary N) is 1. The molecule has 1 amide bonds. The van der Waals surface area contributed by atoms with E-state index in [9.17, 15) is 9.59 Å². The maximum Gasteiger partial charge on any atom is 0.353 e. The number of para-hydroxylation sites is 1. The highest BCUT2D eigenvalue weighted by molar-refractivity contribution is 5.91. The number of aromatic nitrogens is 2. The van der Waals surface area contributed by atoms with Crippen molar-refractivity contribution in [2.45, 2.75) is 44.2 Å². The van der Waals surface area contributed by atoms with Crippen molar-refractivity contribution in [3.63, 3.8) is 0 Å². The highest BCUT2D eigenvalue weighted by Crippen LogP contribution is 2.49. The number of benzene rings is 3. The normalized spacial score (nSPS) is 17.4. The van der Waals surface area contributed by atoms with Crippen molar-refractivity contribution in [2.75, 3.05) is 0 Å². The van der Waals surface area contributed by atoms with Gasteiger partial charge >= 0.3 is 5.97 Å². The van der Waals surface area contributed by atoms with Crippen LogP contribution in [0.15, 0.2) is 103 Å². The summed E-state index contributed by atoms with van der Waals surface area (Å²) in [6.07, 6.45) is 6.53. The van der Waals surface area contributed by atoms with Crippen LogP contribution in [0.4, 0.5) is 0 Å². The molecule has 4 aromatic rings. The first-order valence-corrected chi connectivity index (χ1v) is 12.7. The molecular formula is C31H32N3O3+. The Hall–Kier alpha value is -4.19. The zero-order chi connectivity index (χ0) is 25.8. The maximum atomic E-state index is 13.4. The lowest BCUT2D eigenvalue weighted by Crippen LogP contribution is -2.47. The zero-order valence-corrected chi connectivity index (χ0v) is 21.0. The summed E-state index contributed by atoms with van der Waals surface area (Å²) >= 11 is 0. The summed E-state index contributed by atoms with van der Waals surface area (Å²) in [5.41, 5.74) is 7.21. The van der Waals surface area contributed by atoms with Gasteiger partial charge in [0, 0.05) is 6.92 Å². The fourth-order valence-electron chi connectivity index (χ4n) is 5.99. The van der Waals surface area contributed by atoms with Crippen molar-refractivity contribution in [2.24, 2.45) is 11.7 Å². The quantitative estimate of drug-likeness (QED) is 0.223. The fourth-order valence-corrected chi connectivity index (χ4v) is 5.99. The van der Waals surface area contributed by atoms with Crippen LogP contribution in [0.5, 0.6) is 5.75 Å².